The molecule has 21 heavy (non-hydrogen) atoms. The first-order valence-electron chi connectivity index (χ1n) is 7.92. The van der Waals surface area contributed by atoms with Gasteiger partial charge >= 0.3 is 0 Å². The van der Waals surface area contributed by atoms with Gasteiger partial charge in [-0.25, -0.2) is 4.98 Å². The highest BCUT2D eigenvalue weighted by molar-refractivity contribution is 7.97. The maximum atomic E-state index is 12.9. The largest absolute Gasteiger partial charge is 0.301 e. The third kappa shape index (κ3) is 2.52. The normalized spacial score (nSPS) is 36.9. The summed E-state index contributed by atoms with van der Waals surface area (Å²) in [5.74, 6) is 3.61. The molecule has 1 amide bonds. The highest BCUT2D eigenvalue weighted by Gasteiger charge is 2.54. The molecule has 0 atom stereocenters. The minimum atomic E-state index is -0.0694. The lowest BCUT2D eigenvalue weighted by Gasteiger charge is -2.55. The van der Waals surface area contributed by atoms with E-state index < -0.39 is 0 Å². The van der Waals surface area contributed by atoms with Crippen LogP contribution < -0.4 is 5.32 Å². The lowest BCUT2D eigenvalue weighted by atomic mass is 9.49. The van der Waals surface area contributed by atoms with E-state index in [0.717, 1.165) is 53.6 Å². The minimum Gasteiger partial charge on any atom is -0.301 e. The van der Waals surface area contributed by atoms with Gasteiger partial charge in [-0.15, -0.1) is 11.3 Å². The summed E-state index contributed by atoms with van der Waals surface area (Å²) in [4.78, 5) is 17.4. The quantitative estimate of drug-likeness (QED) is 0.905. The van der Waals surface area contributed by atoms with Crippen LogP contribution in [0, 0.1) is 23.2 Å². The number of rotatable bonds is 4. The molecule has 0 unspecified atom stereocenters. The van der Waals surface area contributed by atoms with Crippen molar-refractivity contribution in [2.45, 2.75) is 44.3 Å². The number of thiazole rings is 1. The molecule has 4 aliphatic rings. The van der Waals surface area contributed by atoms with Gasteiger partial charge in [0.25, 0.3) is 0 Å². The van der Waals surface area contributed by atoms with Crippen LogP contribution in [0.2, 0.25) is 0 Å². The second kappa shape index (κ2) is 5.27. The van der Waals surface area contributed by atoms with Gasteiger partial charge in [0.05, 0.1) is 11.1 Å². The van der Waals surface area contributed by atoms with Crippen LogP contribution in [0.5, 0.6) is 0 Å². The van der Waals surface area contributed by atoms with Gasteiger partial charge in [-0.3, -0.25) is 4.79 Å². The zero-order valence-electron chi connectivity index (χ0n) is 12.4. The number of amides is 1. The van der Waals surface area contributed by atoms with Crippen molar-refractivity contribution in [1.82, 2.24) is 4.98 Å². The molecule has 0 aromatic carbocycles. The maximum absolute atomic E-state index is 12.9. The molecule has 1 aromatic heterocycles. The number of hydrogen-bond donors (Lipinski definition) is 1. The summed E-state index contributed by atoms with van der Waals surface area (Å²) in [7, 11) is 0. The van der Waals surface area contributed by atoms with Crippen LogP contribution in [0.4, 0.5) is 5.13 Å². The van der Waals surface area contributed by atoms with Gasteiger partial charge in [0, 0.05) is 11.1 Å². The van der Waals surface area contributed by atoms with Crippen molar-refractivity contribution in [3.63, 3.8) is 0 Å². The number of carbonyl (C=O) groups excluding carboxylic acids is 1. The second-order valence-electron chi connectivity index (χ2n) is 7.23. The molecule has 0 aliphatic heterocycles. The second-order valence-corrected chi connectivity index (χ2v) is 8.95. The monoisotopic (exact) mass is 322 g/mol. The van der Waals surface area contributed by atoms with Crippen LogP contribution in [-0.4, -0.2) is 17.1 Å². The first-order chi connectivity index (χ1) is 10.2. The number of carbonyl (C=O) groups is 1. The van der Waals surface area contributed by atoms with Crippen molar-refractivity contribution in [2.24, 2.45) is 23.2 Å². The molecule has 4 fully saturated rings. The lowest BCUT2D eigenvalue weighted by Crippen LogP contribution is -2.51. The lowest BCUT2D eigenvalue weighted by molar-refractivity contribution is -0.140. The van der Waals surface area contributed by atoms with Crippen LogP contribution in [0.1, 0.15) is 44.2 Å². The maximum Gasteiger partial charge on any atom is 0.232 e. The summed E-state index contributed by atoms with van der Waals surface area (Å²) >= 11 is 3.33. The number of thioether (sulfide) groups is 1. The molecule has 0 saturated heterocycles. The van der Waals surface area contributed by atoms with Gasteiger partial charge in [0.2, 0.25) is 5.91 Å². The fourth-order valence-corrected chi connectivity index (χ4v) is 6.45. The predicted molar refractivity (Wildman–Crippen MR) is 88.6 cm³/mol. The number of aromatic nitrogens is 1. The Balaban J connectivity index is 1.49. The van der Waals surface area contributed by atoms with Crippen LogP contribution in [0.15, 0.2) is 5.38 Å². The van der Waals surface area contributed by atoms with Crippen LogP contribution in [-0.2, 0) is 10.5 Å². The average Bonchev–Trinajstić information content (AvgIpc) is 2.85. The van der Waals surface area contributed by atoms with Crippen LogP contribution in [0.3, 0.4) is 0 Å². The topological polar surface area (TPSA) is 42.0 Å². The fraction of sp³-hybridized carbons (Fsp3) is 0.750. The van der Waals surface area contributed by atoms with Gasteiger partial charge in [-0.1, -0.05) is 0 Å². The summed E-state index contributed by atoms with van der Waals surface area (Å²) in [6.07, 6.45) is 9.56. The number of nitrogens with one attached hydrogen (secondary N) is 1. The molecule has 1 heterocycles. The highest BCUT2D eigenvalue weighted by Crippen LogP contribution is 2.60. The van der Waals surface area contributed by atoms with Gasteiger partial charge < -0.3 is 5.32 Å². The van der Waals surface area contributed by atoms with E-state index in [1.165, 1.54) is 19.3 Å². The van der Waals surface area contributed by atoms with E-state index in [9.17, 15) is 4.79 Å². The average molecular weight is 322 g/mol. The van der Waals surface area contributed by atoms with E-state index in [0.29, 0.717) is 0 Å². The van der Waals surface area contributed by atoms with Gasteiger partial charge in [-0.2, -0.15) is 11.8 Å². The van der Waals surface area contributed by atoms with Crippen molar-refractivity contribution >= 4 is 34.1 Å². The standard InChI is InChI=1S/C16H22N2OS2/c1-20-8-13-9-21-15(17-13)18-14(19)16-5-10-2-11(6-16)4-12(3-10)7-16/h9-12H,2-8H2,1H3,(H,17,18,19). The zero-order valence-corrected chi connectivity index (χ0v) is 14.1. The molecule has 4 bridgehead atoms. The molecule has 1 N–H and O–H groups in total. The molecule has 3 nitrogen and oxygen atoms in total. The molecule has 114 valence electrons. The Kier molecular flexibility index (Phi) is 3.53. The molecule has 4 aliphatic carbocycles. The van der Waals surface area contributed by atoms with E-state index in [2.05, 4.69) is 21.9 Å². The Morgan fingerprint density at radius 3 is 2.52 bits per heavy atom. The van der Waals surface area contributed by atoms with Crippen molar-refractivity contribution in [3.8, 4) is 0 Å². The summed E-state index contributed by atoms with van der Waals surface area (Å²) in [6, 6.07) is 0. The Hall–Kier alpha value is -0.550. The van der Waals surface area contributed by atoms with Gasteiger partial charge in [0.15, 0.2) is 5.13 Å². The van der Waals surface area contributed by atoms with E-state index in [1.807, 2.05) is 0 Å². The van der Waals surface area contributed by atoms with E-state index >= 15 is 0 Å². The molecule has 0 radical (unpaired) electrons. The first kappa shape index (κ1) is 14.1. The number of nitrogens with zero attached hydrogens (tertiary/aromatic N) is 1. The molecule has 5 heteroatoms. The zero-order chi connectivity index (χ0) is 14.4. The molecular formula is C16H22N2OS2. The molecule has 1 aromatic rings. The summed E-state index contributed by atoms with van der Waals surface area (Å²) in [5.41, 5.74) is 1.01. The van der Waals surface area contributed by atoms with E-state index in [-0.39, 0.29) is 11.3 Å². The van der Waals surface area contributed by atoms with Gasteiger partial charge in [0.1, 0.15) is 0 Å². The third-order valence-corrected chi connectivity index (χ3v) is 6.98. The Morgan fingerprint density at radius 1 is 1.33 bits per heavy atom. The highest BCUT2D eigenvalue weighted by atomic mass is 32.2. The van der Waals surface area contributed by atoms with Crippen LogP contribution >= 0.6 is 23.1 Å². The smallest absolute Gasteiger partial charge is 0.232 e. The van der Waals surface area contributed by atoms with Crippen molar-refractivity contribution in [1.29, 1.82) is 0 Å². The summed E-state index contributed by atoms with van der Waals surface area (Å²) in [5, 5.41) is 5.99. The van der Waals surface area contributed by atoms with Crippen molar-refractivity contribution in [3.05, 3.63) is 11.1 Å². The SMILES string of the molecule is CSCc1csc(NC(=O)C23CC4CC(CC(C4)C2)C3)n1. The number of hydrogen-bond acceptors (Lipinski definition) is 4. The Labute approximate surface area is 134 Å². The molecule has 5 rings (SSSR count). The third-order valence-electron chi connectivity index (χ3n) is 5.58. The predicted octanol–water partition coefficient (Wildman–Crippen LogP) is 4.16. The summed E-state index contributed by atoms with van der Waals surface area (Å²) in [6.45, 7) is 0. The number of anilines is 1. The first-order valence-corrected chi connectivity index (χ1v) is 10.2. The van der Waals surface area contributed by atoms with E-state index in [1.54, 1.807) is 23.1 Å². The van der Waals surface area contributed by atoms with Gasteiger partial charge in [-0.05, 0) is 62.5 Å². The van der Waals surface area contributed by atoms with Crippen molar-refractivity contribution < 1.29 is 4.79 Å². The van der Waals surface area contributed by atoms with E-state index in [4.69, 9.17) is 0 Å². The Bertz CT molecular complexity index is 519. The minimum absolute atomic E-state index is 0.0694. The molecule has 4 saturated carbocycles. The Morgan fingerprint density at radius 2 is 1.95 bits per heavy atom. The molecular weight excluding hydrogens is 300 g/mol. The van der Waals surface area contributed by atoms with Crippen molar-refractivity contribution in [2.75, 3.05) is 11.6 Å². The van der Waals surface area contributed by atoms with Crippen LogP contribution in [0.25, 0.3) is 0 Å². The molecule has 0 spiro atoms. The fourth-order valence-electron chi connectivity index (χ4n) is 5.20. The summed E-state index contributed by atoms with van der Waals surface area (Å²) < 4.78 is 0.